The highest BCUT2D eigenvalue weighted by molar-refractivity contribution is 7.12. The third-order valence-corrected chi connectivity index (χ3v) is 6.09. The Bertz CT molecular complexity index is 1370. The van der Waals surface area contributed by atoms with Crippen LogP contribution in [0.2, 0.25) is 5.02 Å². The number of para-hydroxylation sites is 1. The summed E-state index contributed by atoms with van der Waals surface area (Å²) in [5.41, 5.74) is 1.39. The van der Waals surface area contributed by atoms with Gasteiger partial charge < -0.3 is 5.32 Å². The van der Waals surface area contributed by atoms with E-state index in [9.17, 15) is 14.4 Å². The molecule has 0 atom stereocenters. The second kappa shape index (κ2) is 8.87. The molecule has 2 heterocycles. The van der Waals surface area contributed by atoms with Crippen molar-refractivity contribution in [3.8, 4) is 11.3 Å². The summed E-state index contributed by atoms with van der Waals surface area (Å²) in [4.78, 5) is 44.5. The van der Waals surface area contributed by atoms with Crippen LogP contribution in [-0.4, -0.2) is 20.4 Å². The van der Waals surface area contributed by atoms with Gasteiger partial charge in [-0.2, -0.15) is 0 Å². The van der Waals surface area contributed by atoms with Gasteiger partial charge in [0.05, 0.1) is 23.1 Å². The summed E-state index contributed by atoms with van der Waals surface area (Å²) in [6.45, 7) is 2.45. The van der Waals surface area contributed by atoms with Crippen molar-refractivity contribution in [2.24, 2.45) is 0 Å². The molecule has 0 radical (unpaired) electrons. The van der Waals surface area contributed by atoms with Crippen molar-refractivity contribution in [1.82, 2.24) is 19.9 Å². The Morgan fingerprint density at radius 2 is 1.90 bits per heavy atom. The number of amides is 1. The molecule has 7 nitrogen and oxygen atoms in total. The molecule has 0 spiro atoms. The summed E-state index contributed by atoms with van der Waals surface area (Å²) in [5.74, 6) is -0.205. The van der Waals surface area contributed by atoms with Crippen molar-refractivity contribution in [1.29, 1.82) is 0 Å². The minimum atomic E-state index is -0.528. The number of aromatic amines is 1. The third kappa shape index (κ3) is 4.60. The molecule has 0 aliphatic heterocycles. The SMILES string of the molecule is Cc1sc(CNC(=O)CCn2c(=O)[nH]c(=O)c3ccccc32)nc1-c1ccc(Cl)cc1. The zero-order chi connectivity index (χ0) is 22.0. The van der Waals surface area contributed by atoms with Crippen LogP contribution in [0.4, 0.5) is 0 Å². The van der Waals surface area contributed by atoms with Crippen LogP contribution in [0, 0.1) is 6.92 Å². The minimum absolute atomic E-state index is 0.102. The number of hydrogen-bond acceptors (Lipinski definition) is 5. The van der Waals surface area contributed by atoms with E-state index in [0.717, 1.165) is 21.1 Å². The van der Waals surface area contributed by atoms with E-state index in [1.807, 2.05) is 31.2 Å². The molecule has 0 aliphatic rings. The van der Waals surface area contributed by atoms with Crippen molar-refractivity contribution >= 4 is 39.7 Å². The van der Waals surface area contributed by atoms with E-state index in [4.69, 9.17) is 11.6 Å². The van der Waals surface area contributed by atoms with E-state index < -0.39 is 11.2 Å². The third-order valence-electron chi connectivity index (χ3n) is 4.86. The maximum absolute atomic E-state index is 12.4. The molecule has 9 heteroatoms. The monoisotopic (exact) mass is 454 g/mol. The van der Waals surface area contributed by atoms with Gasteiger partial charge in [0.15, 0.2) is 0 Å². The number of thiazole rings is 1. The minimum Gasteiger partial charge on any atom is -0.350 e. The molecule has 4 aromatic rings. The molecule has 0 bridgehead atoms. The van der Waals surface area contributed by atoms with Gasteiger partial charge in [0.1, 0.15) is 5.01 Å². The van der Waals surface area contributed by atoms with E-state index >= 15 is 0 Å². The van der Waals surface area contributed by atoms with E-state index in [2.05, 4.69) is 15.3 Å². The lowest BCUT2D eigenvalue weighted by Gasteiger charge is -2.09. The first kappa shape index (κ1) is 21.0. The molecule has 0 unspecified atom stereocenters. The molecule has 4 rings (SSSR count). The molecule has 0 saturated carbocycles. The van der Waals surface area contributed by atoms with E-state index in [1.165, 1.54) is 15.9 Å². The predicted molar refractivity (Wildman–Crippen MR) is 123 cm³/mol. The zero-order valence-electron chi connectivity index (χ0n) is 16.6. The molecular formula is C22H19ClN4O3S. The van der Waals surface area contributed by atoms with Gasteiger partial charge in [-0.05, 0) is 31.2 Å². The fourth-order valence-electron chi connectivity index (χ4n) is 3.34. The van der Waals surface area contributed by atoms with Crippen LogP contribution in [0.15, 0.2) is 58.1 Å². The average Bonchev–Trinajstić information content (AvgIpc) is 3.13. The number of H-pyrrole nitrogens is 1. The van der Waals surface area contributed by atoms with Gasteiger partial charge >= 0.3 is 5.69 Å². The molecule has 1 amide bonds. The van der Waals surface area contributed by atoms with Crippen LogP contribution < -0.4 is 16.6 Å². The number of fused-ring (bicyclic) bond motifs is 1. The normalized spacial score (nSPS) is 11.0. The van der Waals surface area contributed by atoms with Crippen molar-refractivity contribution in [2.45, 2.75) is 26.4 Å². The van der Waals surface area contributed by atoms with Crippen LogP contribution in [0.5, 0.6) is 0 Å². The zero-order valence-corrected chi connectivity index (χ0v) is 18.2. The lowest BCUT2D eigenvalue weighted by atomic mass is 10.1. The number of halogens is 1. The fraction of sp³-hybridized carbons (Fsp3) is 0.182. The number of hydrogen-bond donors (Lipinski definition) is 2. The summed E-state index contributed by atoms with van der Waals surface area (Å²) < 4.78 is 1.41. The average molecular weight is 455 g/mol. The standard InChI is InChI=1S/C22H19ClN4O3S/c1-13-20(14-6-8-15(23)9-7-14)25-19(31-13)12-24-18(28)10-11-27-17-5-3-2-4-16(17)21(29)26-22(27)30/h2-9H,10-12H2,1H3,(H,24,28)(H,26,29,30). The van der Waals surface area contributed by atoms with Crippen molar-refractivity contribution in [3.63, 3.8) is 0 Å². The number of rotatable bonds is 6. The second-order valence-electron chi connectivity index (χ2n) is 6.97. The number of aromatic nitrogens is 3. The first-order valence-corrected chi connectivity index (χ1v) is 10.8. The van der Waals surface area contributed by atoms with Crippen LogP contribution in [0.3, 0.4) is 0 Å². The molecule has 0 aliphatic carbocycles. The Balaban J connectivity index is 1.41. The van der Waals surface area contributed by atoms with E-state index in [1.54, 1.807) is 24.3 Å². The van der Waals surface area contributed by atoms with Gasteiger partial charge in [0, 0.05) is 28.4 Å². The number of carbonyl (C=O) groups excluding carboxylic acids is 1. The highest BCUT2D eigenvalue weighted by Crippen LogP contribution is 2.28. The van der Waals surface area contributed by atoms with Gasteiger partial charge in [0.2, 0.25) is 5.91 Å². The summed E-state index contributed by atoms with van der Waals surface area (Å²) in [5, 5.41) is 4.72. The molecule has 0 saturated heterocycles. The number of benzene rings is 2. The largest absolute Gasteiger partial charge is 0.350 e. The molecule has 2 aromatic carbocycles. The molecular weight excluding hydrogens is 436 g/mol. The molecule has 31 heavy (non-hydrogen) atoms. The summed E-state index contributed by atoms with van der Waals surface area (Å²) in [6, 6.07) is 14.3. The Morgan fingerprint density at radius 3 is 2.68 bits per heavy atom. The maximum Gasteiger partial charge on any atom is 0.328 e. The molecule has 158 valence electrons. The van der Waals surface area contributed by atoms with Crippen molar-refractivity contribution in [3.05, 3.63) is 84.3 Å². The Morgan fingerprint density at radius 1 is 1.16 bits per heavy atom. The first-order chi connectivity index (χ1) is 14.9. The quantitative estimate of drug-likeness (QED) is 0.466. The van der Waals surface area contributed by atoms with Gasteiger partial charge in [-0.15, -0.1) is 11.3 Å². The summed E-state index contributed by atoms with van der Waals surface area (Å²) in [7, 11) is 0. The number of nitrogens with one attached hydrogen (secondary N) is 2. The second-order valence-corrected chi connectivity index (χ2v) is 8.70. The Kier molecular flexibility index (Phi) is 6.01. The summed E-state index contributed by atoms with van der Waals surface area (Å²) >= 11 is 7.47. The van der Waals surface area contributed by atoms with Crippen LogP contribution >= 0.6 is 22.9 Å². The maximum atomic E-state index is 12.4. The lowest BCUT2D eigenvalue weighted by molar-refractivity contribution is -0.121. The topological polar surface area (TPSA) is 96.9 Å². The fourth-order valence-corrected chi connectivity index (χ4v) is 4.36. The highest BCUT2D eigenvalue weighted by Gasteiger charge is 2.12. The van der Waals surface area contributed by atoms with Crippen LogP contribution in [0.25, 0.3) is 22.2 Å². The van der Waals surface area contributed by atoms with E-state index in [0.29, 0.717) is 22.5 Å². The van der Waals surface area contributed by atoms with Crippen LogP contribution in [-0.2, 0) is 17.9 Å². The smallest absolute Gasteiger partial charge is 0.328 e. The van der Waals surface area contributed by atoms with Crippen LogP contribution in [0.1, 0.15) is 16.3 Å². The molecule has 2 N–H and O–H groups in total. The van der Waals surface area contributed by atoms with E-state index in [-0.39, 0.29) is 18.9 Å². The van der Waals surface area contributed by atoms with Crippen molar-refractivity contribution in [2.75, 3.05) is 0 Å². The number of carbonyl (C=O) groups is 1. The Hall–Kier alpha value is -3.23. The lowest BCUT2D eigenvalue weighted by Crippen LogP contribution is -2.32. The first-order valence-electron chi connectivity index (χ1n) is 9.63. The van der Waals surface area contributed by atoms with Gasteiger partial charge in [-0.25, -0.2) is 9.78 Å². The Labute approximate surface area is 186 Å². The van der Waals surface area contributed by atoms with Crippen molar-refractivity contribution < 1.29 is 4.79 Å². The molecule has 2 aromatic heterocycles. The number of nitrogens with zero attached hydrogens (tertiary/aromatic N) is 2. The highest BCUT2D eigenvalue weighted by atomic mass is 35.5. The number of aryl methyl sites for hydroxylation is 2. The van der Waals surface area contributed by atoms with Gasteiger partial charge in [-0.3, -0.25) is 19.1 Å². The molecule has 0 fully saturated rings. The predicted octanol–water partition coefficient (Wildman–Crippen LogP) is 3.48. The van der Waals surface area contributed by atoms with Gasteiger partial charge in [-0.1, -0.05) is 35.9 Å². The van der Waals surface area contributed by atoms with Gasteiger partial charge in [0.25, 0.3) is 5.56 Å². The summed E-state index contributed by atoms with van der Waals surface area (Å²) in [6.07, 6.45) is 0.102.